The number of nitrogens with zero attached hydrogens (tertiary/aromatic N) is 6. The lowest BCUT2D eigenvalue weighted by Gasteiger charge is -2.17. The van der Waals surface area contributed by atoms with E-state index in [2.05, 4.69) is 25.8 Å². The van der Waals surface area contributed by atoms with Crippen molar-refractivity contribution in [3.8, 4) is 23.0 Å². The molecular weight excluding hydrogens is 422 g/mol. The quantitative estimate of drug-likeness (QED) is 0.503. The second-order valence-corrected chi connectivity index (χ2v) is 7.83. The van der Waals surface area contributed by atoms with Crippen molar-refractivity contribution in [3.63, 3.8) is 0 Å². The van der Waals surface area contributed by atoms with Crippen molar-refractivity contribution in [2.45, 2.75) is 19.4 Å². The summed E-state index contributed by atoms with van der Waals surface area (Å²) in [6, 6.07) is 16.5. The van der Waals surface area contributed by atoms with Gasteiger partial charge in [-0.15, -0.1) is 5.10 Å². The molecule has 2 aromatic heterocycles. The Morgan fingerprint density at radius 1 is 1.12 bits per heavy atom. The largest absolute Gasteiger partial charge is 0.336 e. The molecule has 10 nitrogen and oxygen atoms in total. The van der Waals surface area contributed by atoms with Crippen molar-refractivity contribution < 1.29 is 14.1 Å². The Balaban J connectivity index is 1.27. The zero-order valence-electron chi connectivity index (χ0n) is 17.9. The number of hydrogen-bond donors (Lipinski definition) is 1. The maximum absolute atomic E-state index is 13.0. The Morgan fingerprint density at radius 3 is 2.79 bits per heavy atom. The number of hydrogen-bond acceptors (Lipinski definition) is 7. The van der Waals surface area contributed by atoms with E-state index in [1.54, 1.807) is 40.0 Å². The van der Waals surface area contributed by atoms with E-state index in [-0.39, 0.29) is 17.9 Å². The highest BCUT2D eigenvalue weighted by Crippen LogP contribution is 2.26. The minimum atomic E-state index is -0.181. The minimum Gasteiger partial charge on any atom is -0.336 e. The van der Waals surface area contributed by atoms with Crippen molar-refractivity contribution >= 4 is 17.5 Å². The topological polar surface area (TPSA) is 119 Å². The van der Waals surface area contributed by atoms with E-state index in [1.165, 1.54) is 6.92 Å². The second kappa shape index (κ2) is 8.65. The second-order valence-electron chi connectivity index (χ2n) is 7.83. The van der Waals surface area contributed by atoms with Crippen LogP contribution in [0, 0.1) is 0 Å². The molecule has 0 bridgehead atoms. The van der Waals surface area contributed by atoms with Crippen molar-refractivity contribution in [3.05, 3.63) is 66.4 Å². The molecule has 1 saturated heterocycles. The predicted molar refractivity (Wildman–Crippen MR) is 119 cm³/mol. The average Bonchev–Trinajstić information content (AvgIpc) is 3.59. The van der Waals surface area contributed by atoms with Gasteiger partial charge in [0.05, 0.1) is 12.2 Å². The van der Waals surface area contributed by atoms with Crippen LogP contribution in [0.1, 0.15) is 29.7 Å². The van der Waals surface area contributed by atoms with Gasteiger partial charge in [-0.2, -0.15) is 4.98 Å². The molecule has 5 rings (SSSR count). The summed E-state index contributed by atoms with van der Waals surface area (Å²) in [6.07, 6.45) is 2.51. The van der Waals surface area contributed by atoms with Gasteiger partial charge < -0.3 is 14.7 Å². The molecule has 1 atom stereocenters. The third kappa shape index (κ3) is 4.36. The van der Waals surface area contributed by atoms with Gasteiger partial charge in [0.1, 0.15) is 0 Å². The van der Waals surface area contributed by atoms with Crippen LogP contribution in [-0.4, -0.2) is 54.9 Å². The number of aromatic nitrogens is 5. The summed E-state index contributed by atoms with van der Waals surface area (Å²) in [4.78, 5) is 30.4. The van der Waals surface area contributed by atoms with Gasteiger partial charge in [-0.05, 0) is 24.6 Å². The zero-order chi connectivity index (χ0) is 22.8. The Morgan fingerprint density at radius 2 is 1.97 bits per heavy atom. The van der Waals surface area contributed by atoms with E-state index in [4.69, 9.17) is 4.52 Å². The normalized spacial score (nSPS) is 15.5. The first-order chi connectivity index (χ1) is 16.1. The van der Waals surface area contributed by atoms with Crippen LogP contribution in [0.3, 0.4) is 0 Å². The molecule has 0 unspecified atom stereocenters. The van der Waals surface area contributed by atoms with Crippen molar-refractivity contribution in [2.75, 3.05) is 18.4 Å². The maximum atomic E-state index is 13.0. The molecule has 3 heterocycles. The van der Waals surface area contributed by atoms with Gasteiger partial charge in [0.2, 0.25) is 11.7 Å². The molecule has 1 aliphatic heterocycles. The van der Waals surface area contributed by atoms with Crippen molar-refractivity contribution in [2.24, 2.45) is 0 Å². The predicted octanol–water partition coefficient (Wildman–Crippen LogP) is 3.04. The van der Waals surface area contributed by atoms with E-state index in [0.717, 1.165) is 12.0 Å². The van der Waals surface area contributed by atoms with Gasteiger partial charge in [-0.1, -0.05) is 46.8 Å². The number of nitrogens with one attached hydrogen (secondary N) is 1. The summed E-state index contributed by atoms with van der Waals surface area (Å²) in [6.45, 7) is 2.54. The molecule has 0 radical (unpaired) electrons. The Bertz CT molecular complexity index is 1300. The van der Waals surface area contributed by atoms with Crippen LogP contribution >= 0.6 is 0 Å². The minimum absolute atomic E-state index is 0.00903. The first-order valence-electron chi connectivity index (χ1n) is 10.5. The molecule has 2 aromatic carbocycles. The van der Waals surface area contributed by atoms with Crippen LogP contribution in [0.5, 0.6) is 0 Å². The van der Waals surface area contributed by atoms with E-state index < -0.39 is 0 Å². The lowest BCUT2D eigenvalue weighted by molar-refractivity contribution is -0.114. The highest BCUT2D eigenvalue weighted by atomic mass is 16.5. The van der Waals surface area contributed by atoms with Crippen LogP contribution in [0.25, 0.3) is 23.0 Å². The number of rotatable bonds is 5. The smallest absolute Gasteiger partial charge is 0.280 e. The summed E-state index contributed by atoms with van der Waals surface area (Å²) in [5.74, 6) is 0.509. The molecule has 1 aliphatic rings. The van der Waals surface area contributed by atoms with Crippen LogP contribution in [-0.2, 0) is 4.79 Å². The molecule has 2 amide bonds. The molecule has 0 aliphatic carbocycles. The standard InChI is InChI=1S/C23H21N7O3/c1-15(31)24-18-9-5-8-17(12-18)23(32)29-11-10-19(13-29)30-14-20(26-28-30)22-25-21(27-33-22)16-6-3-2-4-7-16/h2-9,12,14,19H,10-11,13H2,1H3,(H,24,31)/t19-/m1/s1. The third-order valence-electron chi connectivity index (χ3n) is 5.44. The molecule has 0 spiro atoms. The molecule has 166 valence electrons. The summed E-state index contributed by atoms with van der Waals surface area (Å²) >= 11 is 0. The maximum Gasteiger partial charge on any atom is 0.280 e. The number of likely N-dealkylation sites (tertiary alicyclic amines) is 1. The fourth-order valence-electron chi connectivity index (χ4n) is 3.84. The molecule has 33 heavy (non-hydrogen) atoms. The van der Waals surface area contributed by atoms with E-state index in [1.807, 2.05) is 30.3 Å². The summed E-state index contributed by atoms with van der Waals surface area (Å²) in [7, 11) is 0. The molecular formula is C23H21N7O3. The highest BCUT2D eigenvalue weighted by Gasteiger charge is 2.29. The lowest BCUT2D eigenvalue weighted by Crippen LogP contribution is -2.29. The Labute approximate surface area is 189 Å². The number of carbonyl (C=O) groups excluding carboxylic acids is 2. The van der Waals surface area contributed by atoms with Crippen molar-refractivity contribution in [1.82, 2.24) is 30.0 Å². The fraction of sp³-hybridized carbons (Fsp3) is 0.217. The summed E-state index contributed by atoms with van der Waals surface area (Å²) in [5, 5.41) is 15.1. The molecule has 1 N–H and O–H groups in total. The average molecular weight is 443 g/mol. The molecule has 10 heteroatoms. The summed E-state index contributed by atoms with van der Waals surface area (Å²) < 4.78 is 7.10. The number of anilines is 1. The van der Waals surface area contributed by atoms with Gasteiger partial charge in [0.15, 0.2) is 5.69 Å². The van der Waals surface area contributed by atoms with E-state index in [9.17, 15) is 9.59 Å². The lowest BCUT2D eigenvalue weighted by atomic mass is 10.1. The van der Waals surface area contributed by atoms with Crippen molar-refractivity contribution in [1.29, 1.82) is 0 Å². The first kappa shape index (κ1) is 20.6. The first-order valence-corrected chi connectivity index (χ1v) is 10.5. The van der Waals surface area contributed by atoms with Gasteiger partial charge in [0, 0.05) is 36.8 Å². The van der Waals surface area contributed by atoms with Gasteiger partial charge in [0.25, 0.3) is 11.8 Å². The monoisotopic (exact) mass is 443 g/mol. The molecule has 4 aromatic rings. The third-order valence-corrected chi connectivity index (χ3v) is 5.44. The van der Waals surface area contributed by atoms with Crippen LogP contribution < -0.4 is 5.32 Å². The van der Waals surface area contributed by atoms with E-state index >= 15 is 0 Å². The van der Waals surface area contributed by atoms with Gasteiger partial charge in [-0.3, -0.25) is 9.59 Å². The van der Waals surface area contributed by atoms with Crippen LogP contribution in [0.2, 0.25) is 0 Å². The van der Waals surface area contributed by atoms with Gasteiger partial charge in [-0.25, -0.2) is 4.68 Å². The summed E-state index contributed by atoms with van der Waals surface area (Å²) in [5.41, 5.74) is 2.46. The zero-order valence-corrected chi connectivity index (χ0v) is 17.9. The fourth-order valence-corrected chi connectivity index (χ4v) is 3.84. The molecule has 0 saturated carbocycles. The number of carbonyl (C=O) groups is 2. The van der Waals surface area contributed by atoms with Crippen LogP contribution in [0.4, 0.5) is 5.69 Å². The number of benzene rings is 2. The highest BCUT2D eigenvalue weighted by molar-refractivity contribution is 5.97. The molecule has 1 fully saturated rings. The Kier molecular flexibility index (Phi) is 5.39. The van der Waals surface area contributed by atoms with E-state index in [0.29, 0.717) is 41.7 Å². The van der Waals surface area contributed by atoms with Gasteiger partial charge >= 0.3 is 0 Å². The van der Waals surface area contributed by atoms with Crippen LogP contribution in [0.15, 0.2) is 65.3 Å². The SMILES string of the molecule is CC(=O)Nc1cccc(C(=O)N2CC[C@@H](n3cc(-c4nc(-c5ccccc5)no4)nn3)C2)c1. The Hall–Kier alpha value is -4.34. The number of amides is 2.